The van der Waals surface area contributed by atoms with Gasteiger partial charge in [-0.3, -0.25) is 14.4 Å². The summed E-state index contributed by atoms with van der Waals surface area (Å²) in [6.07, 6.45) is 2.40. The summed E-state index contributed by atoms with van der Waals surface area (Å²) in [6.45, 7) is 0.408. The van der Waals surface area contributed by atoms with Crippen molar-refractivity contribution in [3.63, 3.8) is 0 Å². The molecule has 0 radical (unpaired) electrons. The lowest BCUT2D eigenvalue weighted by Crippen LogP contribution is -2.44. The zero-order chi connectivity index (χ0) is 21.1. The number of para-hydroxylation sites is 1. The van der Waals surface area contributed by atoms with Gasteiger partial charge in [-0.15, -0.1) is 0 Å². The van der Waals surface area contributed by atoms with Crippen LogP contribution in [-0.2, 0) is 16.0 Å². The van der Waals surface area contributed by atoms with Crippen LogP contribution < -0.4 is 20.7 Å². The lowest BCUT2D eigenvalue weighted by molar-refractivity contribution is -0.125. The molecular weight excluding hydrogens is 384 g/mol. The predicted molar refractivity (Wildman–Crippen MR) is 113 cm³/mol. The summed E-state index contributed by atoms with van der Waals surface area (Å²) in [5.74, 6) is -0.330. The quantitative estimate of drug-likeness (QED) is 0.501. The van der Waals surface area contributed by atoms with Crippen LogP contribution in [0.5, 0.6) is 5.75 Å². The van der Waals surface area contributed by atoms with Crippen molar-refractivity contribution >= 4 is 34.3 Å². The van der Waals surface area contributed by atoms with Crippen molar-refractivity contribution in [1.29, 1.82) is 0 Å². The van der Waals surface area contributed by atoms with E-state index in [4.69, 9.17) is 4.74 Å². The molecule has 1 atom stereocenters. The Bertz CT molecular complexity index is 1120. The van der Waals surface area contributed by atoms with Crippen LogP contribution in [0.2, 0.25) is 0 Å². The van der Waals surface area contributed by atoms with Gasteiger partial charge in [0.05, 0.1) is 24.8 Å². The second-order valence-corrected chi connectivity index (χ2v) is 7.09. The number of methoxy groups -OCH3 is 1. The van der Waals surface area contributed by atoms with Gasteiger partial charge < -0.3 is 25.7 Å². The number of carbonyl (C=O) groups is 3. The zero-order valence-electron chi connectivity index (χ0n) is 16.5. The Morgan fingerprint density at radius 3 is 2.83 bits per heavy atom. The minimum absolute atomic E-state index is 0.132. The number of anilines is 1. The number of hydrogen-bond donors (Lipinski definition) is 4. The maximum atomic E-state index is 12.4. The van der Waals surface area contributed by atoms with Crippen molar-refractivity contribution in [3.8, 4) is 5.75 Å². The van der Waals surface area contributed by atoms with Crippen molar-refractivity contribution in [2.45, 2.75) is 18.9 Å². The molecule has 2 aromatic carbocycles. The number of nitrogens with one attached hydrogen (secondary N) is 4. The van der Waals surface area contributed by atoms with E-state index in [0.717, 1.165) is 22.2 Å². The Hall–Kier alpha value is -3.81. The van der Waals surface area contributed by atoms with Gasteiger partial charge in [0.2, 0.25) is 11.8 Å². The molecular formula is C22H22N4O4. The fourth-order valence-corrected chi connectivity index (χ4v) is 3.54. The van der Waals surface area contributed by atoms with E-state index in [1.165, 1.54) is 0 Å². The van der Waals surface area contributed by atoms with E-state index >= 15 is 0 Å². The van der Waals surface area contributed by atoms with Gasteiger partial charge >= 0.3 is 0 Å². The smallest absolute Gasteiger partial charge is 0.254 e. The van der Waals surface area contributed by atoms with E-state index < -0.39 is 11.9 Å². The molecule has 0 saturated carbocycles. The van der Waals surface area contributed by atoms with Gasteiger partial charge in [-0.25, -0.2) is 0 Å². The van der Waals surface area contributed by atoms with E-state index in [1.54, 1.807) is 31.4 Å². The molecule has 8 nitrogen and oxygen atoms in total. The average molecular weight is 406 g/mol. The van der Waals surface area contributed by atoms with Crippen LogP contribution in [0.3, 0.4) is 0 Å². The first-order valence-electron chi connectivity index (χ1n) is 9.66. The number of carbonyl (C=O) groups excluding carboxylic acids is 3. The molecule has 3 aromatic rings. The summed E-state index contributed by atoms with van der Waals surface area (Å²) in [7, 11) is 1.62. The van der Waals surface area contributed by atoms with Crippen molar-refractivity contribution in [3.05, 3.63) is 59.8 Å². The van der Waals surface area contributed by atoms with E-state index in [0.29, 0.717) is 24.2 Å². The van der Waals surface area contributed by atoms with Crippen molar-refractivity contribution in [2.75, 3.05) is 19.0 Å². The molecule has 1 aromatic heterocycles. The first-order valence-corrected chi connectivity index (χ1v) is 9.66. The highest BCUT2D eigenvalue weighted by molar-refractivity contribution is 6.10. The van der Waals surface area contributed by atoms with E-state index in [2.05, 4.69) is 20.9 Å². The summed E-state index contributed by atoms with van der Waals surface area (Å²) < 4.78 is 5.27. The van der Waals surface area contributed by atoms with E-state index in [9.17, 15) is 14.4 Å². The standard InChI is InChI=1S/C22H22N4O4/c1-30-14-6-7-17-16(10-14)13(12-24-17)8-9-23-20(27)11-19-22(29)25-18-5-3-2-4-15(18)21(28)26-19/h2-7,10,12,19,24H,8-9,11H2,1H3,(H,23,27)(H,25,29)(H,26,28)/t19-/m1/s1. The lowest BCUT2D eigenvalue weighted by atomic mass is 10.1. The Balaban J connectivity index is 1.34. The molecule has 2 heterocycles. The predicted octanol–water partition coefficient (Wildman–Crippen LogP) is 1.98. The minimum Gasteiger partial charge on any atom is -0.497 e. The molecule has 0 fully saturated rings. The number of aromatic amines is 1. The topological polar surface area (TPSA) is 112 Å². The molecule has 30 heavy (non-hydrogen) atoms. The number of aromatic nitrogens is 1. The molecule has 154 valence electrons. The zero-order valence-corrected chi connectivity index (χ0v) is 16.5. The van der Waals surface area contributed by atoms with Crippen LogP contribution in [0.15, 0.2) is 48.7 Å². The maximum absolute atomic E-state index is 12.4. The fourth-order valence-electron chi connectivity index (χ4n) is 3.54. The molecule has 1 aliphatic rings. The van der Waals surface area contributed by atoms with E-state index in [1.807, 2.05) is 24.4 Å². The maximum Gasteiger partial charge on any atom is 0.254 e. The van der Waals surface area contributed by atoms with Gasteiger partial charge in [0, 0.05) is 23.6 Å². The number of benzene rings is 2. The summed E-state index contributed by atoms with van der Waals surface area (Å²) in [5.41, 5.74) is 2.87. The minimum atomic E-state index is -0.928. The molecule has 4 rings (SSSR count). The van der Waals surface area contributed by atoms with Gasteiger partial charge in [0.15, 0.2) is 0 Å². The van der Waals surface area contributed by atoms with Crippen molar-refractivity contribution in [2.24, 2.45) is 0 Å². The highest BCUT2D eigenvalue weighted by Crippen LogP contribution is 2.24. The van der Waals surface area contributed by atoms with Gasteiger partial charge in [0.1, 0.15) is 11.8 Å². The van der Waals surface area contributed by atoms with Crippen LogP contribution in [0, 0.1) is 0 Å². The van der Waals surface area contributed by atoms with Crippen LogP contribution in [0.1, 0.15) is 22.3 Å². The molecule has 1 aliphatic heterocycles. The average Bonchev–Trinajstić information content (AvgIpc) is 3.10. The largest absolute Gasteiger partial charge is 0.497 e. The number of H-pyrrole nitrogens is 1. The molecule has 0 bridgehead atoms. The number of hydrogen-bond acceptors (Lipinski definition) is 4. The third-order valence-corrected chi connectivity index (χ3v) is 5.13. The Labute approximate surface area is 173 Å². The Morgan fingerprint density at radius 1 is 1.17 bits per heavy atom. The van der Waals surface area contributed by atoms with Gasteiger partial charge in [-0.1, -0.05) is 12.1 Å². The van der Waals surface area contributed by atoms with Gasteiger partial charge in [-0.2, -0.15) is 0 Å². The SMILES string of the molecule is COc1ccc2[nH]cc(CCNC(=O)C[C@H]3NC(=O)c4ccccc4NC3=O)c2c1. The lowest BCUT2D eigenvalue weighted by Gasteiger charge is -2.14. The van der Waals surface area contributed by atoms with E-state index in [-0.39, 0.29) is 18.2 Å². The first-order chi connectivity index (χ1) is 14.5. The second-order valence-electron chi connectivity index (χ2n) is 7.09. The summed E-state index contributed by atoms with van der Waals surface area (Å²) in [4.78, 5) is 40.3. The van der Waals surface area contributed by atoms with Gasteiger partial charge in [-0.05, 0) is 42.3 Å². The summed E-state index contributed by atoms with van der Waals surface area (Å²) in [6, 6.07) is 11.6. The Morgan fingerprint density at radius 2 is 2.00 bits per heavy atom. The Kier molecular flexibility index (Phi) is 5.38. The summed E-state index contributed by atoms with van der Waals surface area (Å²) >= 11 is 0. The molecule has 0 saturated heterocycles. The fraction of sp³-hybridized carbons (Fsp3) is 0.227. The van der Waals surface area contributed by atoms with Crippen LogP contribution in [0.4, 0.5) is 5.69 Å². The molecule has 0 spiro atoms. The second kappa shape index (κ2) is 8.28. The van der Waals surface area contributed by atoms with Crippen molar-refractivity contribution < 1.29 is 19.1 Å². The van der Waals surface area contributed by atoms with Gasteiger partial charge in [0.25, 0.3) is 5.91 Å². The number of fused-ring (bicyclic) bond motifs is 2. The molecule has 8 heteroatoms. The number of ether oxygens (including phenoxy) is 1. The number of amides is 3. The highest BCUT2D eigenvalue weighted by Gasteiger charge is 2.29. The van der Waals surface area contributed by atoms with Crippen LogP contribution in [0.25, 0.3) is 10.9 Å². The first kappa shape index (κ1) is 19.5. The monoisotopic (exact) mass is 406 g/mol. The van der Waals surface area contributed by atoms with Crippen molar-refractivity contribution in [1.82, 2.24) is 15.6 Å². The third kappa shape index (κ3) is 3.98. The third-order valence-electron chi connectivity index (χ3n) is 5.13. The molecule has 0 aliphatic carbocycles. The molecule has 3 amide bonds. The van der Waals surface area contributed by atoms with Crippen LogP contribution in [-0.4, -0.2) is 42.4 Å². The normalized spacial score (nSPS) is 15.7. The highest BCUT2D eigenvalue weighted by atomic mass is 16.5. The molecule has 0 unspecified atom stereocenters. The van der Waals surface area contributed by atoms with Crippen LogP contribution >= 0.6 is 0 Å². The molecule has 4 N–H and O–H groups in total. The number of rotatable bonds is 6. The summed E-state index contributed by atoms with van der Waals surface area (Å²) in [5, 5.41) is 9.19.